The summed E-state index contributed by atoms with van der Waals surface area (Å²) in [4.78, 5) is 11.6. The lowest BCUT2D eigenvalue weighted by atomic mass is 10.0. The van der Waals surface area contributed by atoms with Gasteiger partial charge in [0.1, 0.15) is 18.0 Å². The largest absolute Gasteiger partial charge is 0.375 e. The van der Waals surface area contributed by atoms with Gasteiger partial charge in [-0.15, -0.1) is 0 Å². The lowest BCUT2D eigenvalue weighted by Crippen LogP contribution is -2.44. The Balaban J connectivity index is 1.18. The van der Waals surface area contributed by atoms with Gasteiger partial charge in [0.25, 0.3) is 0 Å². The van der Waals surface area contributed by atoms with Crippen LogP contribution in [0.2, 0.25) is 5.02 Å². The highest BCUT2D eigenvalue weighted by Crippen LogP contribution is 2.39. The van der Waals surface area contributed by atoms with Crippen molar-refractivity contribution in [1.29, 1.82) is 0 Å². The first-order valence-electron chi connectivity index (χ1n) is 13.1. The van der Waals surface area contributed by atoms with Crippen molar-refractivity contribution in [2.24, 2.45) is 0 Å². The number of likely N-dealkylation sites (tertiary alicyclic amines) is 1. The zero-order valence-corrected chi connectivity index (χ0v) is 23.2. The van der Waals surface area contributed by atoms with Crippen LogP contribution in [0.1, 0.15) is 30.4 Å². The van der Waals surface area contributed by atoms with Gasteiger partial charge in [-0.1, -0.05) is 17.7 Å². The topological polar surface area (TPSA) is 79.4 Å². The summed E-state index contributed by atoms with van der Waals surface area (Å²) >= 11 is 6.38. The van der Waals surface area contributed by atoms with Crippen molar-refractivity contribution in [2.45, 2.75) is 50.3 Å². The van der Waals surface area contributed by atoms with Crippen LogP contribution in [0.25, 0.3) is 0 Å². The monoisotopic (exact) mass is 555 g/mol. The van der Waals surface area contributed by atoms with Crippen LogP contribution >= 0.6 is 18.7 Å². The van der Waals surface area contributed by atoms with Gasteiger partial charge in [-0.25, -0.2) is 9.37 Å². The van der Waals surface area contributed by atoms with Crippen LogP contribution in [0.5, 0.6) is 0 Å². The maximum atomic E-state index is 13.9. The van der Waals surface area contributed by atoms with Gasteiger partial charge in [-0.05, 0) is 86.9 Å². The van der Waals surface area contributed by atoms with Crippen LogP contribution in [0.15, 0.2) is 42.6 Å². The van der Waals surface area contributed by atoms with Crippen molar-refractivity contribution in [3.8, 4) is 0 Å². The summed E-state index contributed by atoms with van der Waals surface area (Å²) in [5, 5.41) is 7.14. The van der Waals surface area contributed by atoms with E-state index in [0.29, 0.717) is 46.0 Å². The van der Waals surface area contributed by atoms with Crippen molar-refractivity contribution in [3.05, 3.63) is 64.6 Å². The highest BCUT2D eigenvalue weighted by molar-refractivity contribution is 7.70. The zero-order chi connectivity index (χ0) is 26.4. The van der Waals surface area contributed by atoms with E-state index in [0.717, 1.165) is 38.1 Å². The molecule has 38 heavy (non-hydrogen) atoms. The summed E-state index contributed by atoms with van der Waals surface area (Å²) in [6, 6.07) is 11.8. The Morgan fingerprint density at radius 3 is 2.63 bits per heavy atom. The number of aryl methyl sites for hydroxylation is 2. The number of ether oxygens (including phenoxy) is 1. The average molecular weight is 556 g/mol. The van der Waals surface area contributed by atoms with E-state index in [2.05, 4.69) is 43.7 Å². The van der Waals surface area contributed by atoms with Gasteiger partial charge in [0.05, 0.1) is 24.6 Å². The third-order valence-electron chi connectivity index (χ3n) is 7.91. The average Bonchev–Trinajstić information content (AvgIpc) is 3.45. The molecule has 3 aliphatic rings. The molecule has 3 heterocycles. The quantitative estimate of drug-likeness (QED) is 0.297. The number of nitrogens with one attached hydrogen (secondary N) is 2. The molecule has 2 saturated heterocycles. The molecule has 1 aromatic heterocycles. The van der Waals surface area contributed by atoms with Crippen molar-refractivity contribution in [1.82, 2.24) is 14.9 Å². The summed E-state index contributed by atoms with van der Waals surface area (Å²) in [6.45, 7) is 5.17. The van der Waals surface area contributed by atoms with E-state index in [1.807, 2.05) is 0 Å². The van der Waals surface area contributed by atoms with Gasteiger partial charge < -0.3 is 19.9 Å². The predicted octanol–water partition coefficient (Wildman–Crippen LogP) is 5.72. The highest BCUT2D eigenvalue weighted by Gasteiger charge is 2.42. The molecule has 3 aromatic rings. The summed E-state index contributed by atoms with van der Waals surface area (Å²) < 4.78 is 32.4. The number of hydrogen-bond donors (Lipinski definition) is 2. The molecular weight excluding hydrogens is 524 g/mol. The Labute approximate surface area is 227 Å². The summed E-state index contributed by atoms with van der Waals surface area (Å²) in [5.41, 5.74) is 4.19. The van der Waals surface area contributed by atoms with Crippen LogP contribution in [-0.4, -0.2) is 59.5 Å². The van der Waals surface area contributed by atoms with E-state index in [1.165, 1.54) is 42.3 Å². The summed E-state index contributed by atoms with van der Waals surface area (Å²) in [7, 11) is -2.75. The van der Waals surface area contributed by atoms with Crippen LogP contribution in [0, 0.1) is 5.82 Å². The summed E-state index contributed by atoms with van der Waals surface area (Å²) in [5.74, 6) is 0.296. The minimum Gasteiger partial charge on any atom is -0.375 e. The van der Waals surface area contributed by atoms with E-state index in [1.54, 1.807) is 19.4 Å². The molecule has 3 atom stereocenters. The third kappa shape index (κ3) is 5.32. The lowest BCUT2D eigenvalue weighted by molar-refractivity contribution is 0.00854. The molecule has 2 aromatic carbocycles. The van der Waals surface area contributed by atoms with Crippen molar-refractivity contribution < 1.29 is 13.7 Å². The molecule has 7 nitrogen and oxygen atoms in total. The van der Waals surface area contributed by atoms with Gasteiger partial charge in [0, 0.05) is 29.6 Å². The van der Waals surface area contributed by atoms with E-state index in [9.17, 15) is 8.96 Å². The maximum absolute atomic E-state index is 13.9. The molecule has 2 N–H and O–H groups in total. The van der Waals surface area contributed by atoms with Gasteiger partial charge in [-0.2, -0.15) is 4.98 Å². The number of nitrogens with zero attached hydrogens (tertiary/aromatic N) is 3. The molecule has 2 fully saturated rings. The Morgan fingerprint density at radius 1 is 1.08 bits per heavy atom. The second-order valence-corrected chi connectivity index (χ2v) is 14.5. The van der Waals surface area contributed by atoms with Gasteiger partial charge >= 0.3 is 0 Å². The molecule has 2 bridgehead atoms. The number of aromatic nitrogens is 2. The number of fused-ring (bicyclic) bond motifs is 3. The van der Waals surface area contributed by atoms with Gasteiger partial charge in [-0.3, -0.25) is 4.90 Å². The Morgan fingerprint density at radius 2 is 1.89 bits per heavy atom. The Hall–Kier alpha value is -2.51. The Kier molecular flexibility index (Phi) is 6.93. The summed E-state index contributed by atoms with van der Waals surface area (Å²) in [6.07, 6.45) is 7.61. The molecule has 0 spiro atoms. The van der Waals surface area contributed by atoms with E-state index in [-0.39, 0.29) is 0 Å². The molecule has 0 unspecified atom stereocenters. The molecule has 0 amide bonds. The zero-order valence-electron chi connectivity index (χ0n) is 21.6. The second kappa shape index (κ2) is 10.2. The lowest BCUT2D eigenvalue weighted by Gasteiger charge is -2.34. The van der Waals surface area contributed by atoms with Crippen molar-refractivity contribution in [2.75, 3.05) is 37.1 Å². The van der Waals surface area contributed by atoms with Crippen molar-refractivity contribution >= 4 is 47.2 Å². The molecule has 200 valence electrons. The van der Waals surface area contributed by atoms with Crippen LogP contribution < -0.4 is 15.9 Å². The molecule has 6 rings (SSSR count). The minimum absolute atomic E-state index is 0.307. The second-order valence-electron chi connectivity index (χ2n) is 10.9. The van der Waals surface area contributed by atoms with E-state index >= 15 is 0 Å². The highest BCUT2D eigenvalue weighted by atomic mass is 35.5. The normalized spacial score (nSPS) is 23.2. The van der Waals surface area contributed by atoms with Crippen LogP contribution in [-0.2, 0) is 22.1 Å². The molecule has 0 radical (unpaired) electrons. The number of hydrogen-bond acceptors (Lipinski definition) is 7. The fraction of sp³-hybridized carbons (Fsp3) is 0.429. The molecule has 0 saturated carbocycles. The fourth-order valence-corrected chi connectivity index (χ4v) is 7.29. The van der Waals surface area contributed by atoms with Crippen LogP contribution in [0.4, 0.5) is 27.5 Å². The maximum Gasteiger partial charge on any atom is 0.229 e. The number of rotatable bonds is 6. The first-order valence-corrected chi connectivity index (χ1v) is 16.1. The van der Waals surface area contributed by atoms with Crippen molar-refractivity contribution in [3.63, 3.8) is 0 Å². The SMILES string of the molecule is CP(C)(=O)c1cc(F)ccc1Nc1nc(Nc2ccc3c(c2)CC[C@H](N2C[C@@H]4C[C@H]2CO4)CC3)ncc1Cl. The smallest absolute Gasteiger partial charge is 0.229 e. The fourth-order valence-electron chi connectivity index (χ4n) is 6.00. The first kappa shape index (κ1) is 25.8. The number of halogens is 2. The Bertz CT molecular complexity index is 1420. The number of anilines is 4. The van der Waals surface area contributed by atoms with Gasteiger partial charge in [0.2, 0.25) is 5.95 Å². The molecular formula is C28H32ClFN5O2P. The number of morpholine rings is 1. The number of benzene rings is 2. The van der Waals surface area contributed by atoms with Crippen LogP contribution in [0.3, 0.4) is 0 Å². The van der Waals surface area contributed by atoms with E-state index < -0.39 is 13.0 Å². The minimum atomic E-state index is -2.75. The van der Waals surface area contributed by atoms with E-state index in [4.69, 9.17) is 16.3 Å². The molecule has 2 aliphatic heterocycles. The van der Waals surface area contributed by atoms with Gasteiger partial charge in [0.15, 0.2) is 5.82 Å². The molecule has 1 aliphatic carbocycles. The molecule has 10 heteroatoms. The first-order chi connectivity index (χ1) is 18.2. The predicted molar refractivity (Wildman–Crippen MR) is 151 cm³/mol. The third-order valence-corrected chi connectivity index (χ3v) is 9.71. The standard InChI is InChI=1S/C28H32ClFN5O2P/c1-38(2,36)26-12-19(30)6-10-25(26)33-27-24(29)14-31-28(34-27)32-20-7-3-17-4-8-21(9-5-18(17)11-20)35-15-23-13-22(35)16-37-23/h3,6-7,10-12,14,21-23H,4-5,8-9,13,15-16H2,1-2H3,(H2,31,32,33,34)/t21-,22+,23+/m1/s1.